The third kappa shape index (κ3) is 8.24. The molecule has 2 aromatic heterocycles. The number of aromatic amines is 2. The zero-order valence-electron chi connectivity index (χ0n) is 32.7. The number of nitrogens with one attached hydrogen (secondary N) is 4. The molecule has 0 radical (unpaired) electrons. The fourth-order valence-electron chi connectivity index (χ4n) is 8.52. The third-order valence-corrected chi connectivity index (χ3v) is 11.8. The number of halogens is 2. The first-order chi connectivity index (χ1) is 28.6. The van der Waals surface area contributed by atoms with Gasteiger partial charge in [-0.05, 0) is 85.5 Å². The summed E-state index contributed by atoms with van der Waals surface area (Å²) in [6.45, 7) is 1.06. The van der Waals surface area contributed by atoms with Crippen molar-refractivity contribution in [1.82, 2.24) is 35.5 Å². The van der Waals surface area contributed by atoms with Gasteiger partial charge in [-0.2, -0.15) is 0 Å². The number of benzene rings is 3. The van der Waals surface area contributed by atoms with Crippen LogP contribution in [0.2, 0.25) is 0 Å². The smallest absolute Gasteiger partial charge is 0.407 e. The summed E-state index contributed by atoms with van der Waals surface area (Å²) < 4.78 is 41.2. The minimum atomic E-state index is -0.968. The van der Waals surface area contributed by atoms with Gasteiger partial charge in [0.15, 0.2) is 0 Å². The molecule has 3 aliphatic rings. The predicted octanol–water partition coefficient (Wildman–Crippen LogP) is 6.98. The molecule has 4 N–H and O–H groups in total. The Balaban J connectivity index is 0.958. The topological polar surface area (TPSA) is 171 Å². The number of carbonyl (C=O) groups is 4. The molecule has 2 amide bonds. The van der Waals surface area contributed by atoms with Crippen LogP contribution in [-0.2, 0) is 23.9 Å². The van der Waals surface area contributed by atoms with E-state index in [0.717, 1.165) is 12.8 Å². The first-order valence-electron chi connectivity index (χ1n) is 19.9. The second-order valence-corrected chi connectivity index (χ2v) is 15.4. The summed E-state index contributed by atoms with van der Waals surface area (Å²) in [4.78, 5) is 69.0. The van der Waals surface area contributed by atoms with Crippen molar-refractivity contribution in [1.29, 1.82) is 0 Å². The number of aromatic nitrogens is 4. The van der Waals surface area contributed by atoms with E-state index in [9.17, 15) is 19.2 Å². The number of ketones is 1. The van der Waals surface area contributed by atoms with Gasteiger partial charge in [0.25, 0.3) is 5.91 Å². The average molecular weight is 806 g/mol. The Hall–Kier alpha value is -6.22. The van der Waals surface area contributed by atoms with E-state index in [1.54, 1.807) is 53.4 Å². The number of methoxy groups -OCH3 is 2. The predicted molar refractivity (Wildman–Crippen MR) is 212 cm³/mol. The highest BCUT2D eigenvalue weighted by Crippen LogP contribution is 2.43. The molecule has 0 bridgehead atoms. The lowest BCUT2D eigenvalue weighted by molar-refractivity contribution is -0.145. The summed E-state index contributed by atoms with van der Waals surface area (Å²) in [7, 11) is 2.56. The zero-order valence-corrected chi connectivity index (χ0v) is 32.7. The number of hydrogen-bond donors (Lipinski definition) is 4. The number of esters is 1. The van der Waals surface area contributed by atoms with E-state index in [1.807, 2.05) is 6.07 Å². The van der Waals surface area contributed by atoms with Crippen LogP contribution < -0.4 is 10.6 Å². The first-order valence-corrected chi connectivity index (χ1v) is 19.9. The molecule has 15 heteroatoms. The molecule has 2 saturated heterocycles. The monoisotopic (exact) mass is 805 g/mol. The molecule has 59 heavy (non-hydrogen) atoms. The van der Waals surface area contributed by atoms with E-state index >= 15 is 8.78 Å². The minimum absolute atomic E-state index is 0.0311. The summed E-state index contributed by atoms with van der Waals surface area (Å²) in [5.41, 5.74) is 2.92. The molecule has 4 heterocycles. The van der Waals surface area contributed by atoms with Crippen molar-refractivity contribution in [2.45, 2.75) is 56.7 Å². The van der Waals surface area contributed by atoms with Crippen LogP contribution in [0.1, 0.15) is 73.9 Å². The van der Waals surface area contributed by atoms with Crippen LogP contribution in [0.15, 0.2) is 79.1 Å². The number of imidazole rings is 2. The highest BCUT2D eigenvalue weighted by Gasteiger charge is 2.45. The maximum Gasteiger partial charge on any atom is 0.407 e. The fraction of sp³-hybridized carbons (Fsp3) is 0.364. The van der Waals surface area contributed by atoms with Gasteiger partial charge in [0.05, 0.1) is 56.5 Å². The Morgan fingerprint density at radius 2 is 1.47 bits per heavy atom. The number of rotatable bonds is 13. The van der Waals surface area contributed by atoms with Gasteiger partial charge in [-0.15, -0.1) is 0 Å². The van der Waals surface area contributed by atoms with Crippen molar-refractivity contribution in [3.63, 3.8) is 0 Å². The normalized spacial score (nSPS) is 19.9. The van der Waals surface area contributed by atoms with E-state index in [-0.39, 0.29) is 47.0 Å². The molecule has 306 valence electrons. The van der Waals surface area contributed by atoms with E-state index in [2.05, 4.69) is 30.6 Å². The average Bonchev–Trinajstić information content (AvgIpc) is 3.71. The van der Waals surface area contributed by atoms with Crippen LogP contribution in [0.25, 0.3) is 33.6 Å². The van der Waals surface area contributed by atoms with Gasteiger partial charge in [-0.1, -0.05) is 42.5 Å². The number of ether oxygens (including phenoxy) is 2. The Morgan fingerprint density at radius 1 is 0.831 bits per heavy atom. The maximum atomic E-state index is 15.8. The Morgan fingerprint density at radius 3 is 2.08 bits per heavy atom. The largest absolute Gasteiger partial charge is 0.469 e. The highest BCUT2D eigenvalue weighted by molar-refractivity contribution is 5.89. The Labute approximate surface area is 339 Å². The molecule has 1 unspecified atom stereocenters. The van der Waals surface area contributed by atoms with Gasteiger partial charge in [-0.3, -0.25) is 14.4 Å². The summed E-state index contributed by atoms with van der Waals surface area (Å²) in [5, 5.41) is 6.01. The van der Waals surface area contributed by atoms with Crippen molar-refractivity contribution in [2.24, 2.45) is 17.8 Å². The van der Waals surface area contributed by atoms with Gasteiger partial charge in [0.1, 0.15) is 35.1 Å². The molecule has 1 aliphatic carbocycles. The van der Waals surface area contributed by atoms with Crippen molar-refractivity contribution >= 4 is 23.8 Å². The molecule has 13 nitrogen and oxygen atoms in total. The number of alkyl carbamates (subject to hydrolysis) is 1. The van der Waals surface area contributed by atoms with E-state index in [1.165, 1.54) is 38.7 Å². The molecular formula is C44H45F2N7O6. The van der Waals surface area contributed by atoms with Crippen molar-refractivity contribution in [3.8, 4) is 33.6 Å². The van der Waals surface area contributed by atoms with Gasteiger partial charge in [0, 0.05) is 29.5 Å². The lowest BCUT2D eigenvalue weighted by Gasteiger charge is -2.28. The quantitative estimate of drug-likeness (QED) is 0.0917. The molecule has 2 aliphatic heterocycles. The van der Waals surface area contributed by atoms with Crippen LogP contribution in [0.3, 0.4) is 0 Å². The number of nitrogens with zero attached hydrogens (tertiary/aromatic N) is 3. The van der Waals surface area contributed by atoms with Crippen molar-refractivity contribution in [2.75, 3.05) is 27.3 Å². The van der Waals surface area contributed by atoms with Gasteiger partial charge < -0.3 is 35.0 Å². The summed E-state index contributed by atoms with van der Waals surface area (Å²) >= 11 is 0. The lowest BCUT2D eigenvalue weighted by atomic mass is 9.83. The lowest BCUT2D eigenvalue weighted by Crippen LogP contribution is -2.42. The first kappa shape index (κ1) is 39.6. The van der Waals surface area contributed by atoms with Crippen LogP contribution in [0, 0.1) is 29.4 Å². The molecular weight excluding hydrogens is 761 g/mol. The molecule has 5 atom stereocenters. The molecule has 3 aromatic carbocycles. The number of hydrogen-bond acceptors (Lipinski definition) is 9. The van der Waals surface area contributed by atoms with E-state index < -0.39 is 41.8 Å². The molecule has 1 saturated carbocycles. The van der Waals surface area contributed by atoms with Gasteiger partial charge in [-0.25, -0.2) is 23.5 Å². The van der Waals surface area contributed by atoms with Crippen LogP contribution >= 0.6 is 0 Å². The minimum Gasteiger partial charge on any atom is -0.469 e. The van der Waals surface area contributed by atoms with Crippen LogP contribution in [-0.4, -0.2) is 75.9 Å². The second-order valence-electron chi connectivity index (χ2n) is 15.4. The molecule has 5 aromatic rings. The number of Topliss-reactive ketones (excluding diaryl/α,β-unsaturated/α-hetero) is 1. The Kier molecular flexibility index (Phi) is 11.4. The number of carbonyl (C=O) groups excluding carboxylic acids is 4. The molecule has 8 rings (SSSR count). The fourth-order valence-corrected chi connectivity index (χ4v) is 8.52. The van der Waals surface area contributed by atoms with Crippen molar-refractivity contribution in [3.05, 3.63) is 108 Å². The van der Waals surface area contributed by atoms with E-state index in [0.29, 0.717) is 72.1 Å². The van der Waals surface area contributed by atoms with Gasteiger partial charge in [0.2, 0.25) is 0 Å². The second kappa shape index (κ2) is 16.9. The summed E-state index contributed by atoms with van der Waals surface area (Å²) in [6, 6.07) is 16.4. The summed E-state index contributed by atoms with van der Waals surface area (Å²) in [5.74, 6) is -1.32. The van der Waals surface area contributed by atoms with Crippen molar-refractivity contribution < 1.29 is 37.4 Å². The maximum absolute atomic E-state index is 15.8. The van der Waals surface area contributed by atoms with Crippen LogP contribution in [0.4, 0.5) is 13.6 Å². The third-order valence-electron chi connectivity index (χ3n) is 11.8. The highest BCUT2D eigenvalue weighted by atomic mass is 19.1. The van der Waals surface area contributed by atoms with Gasteiger partial charge >= 0.3 is 12.1 Å². The number of amides is 2. The number of H-pyrrole nitrogens is 2. The Bertz CT molecular complexity index is 2360. The standard InChI is InChI=1S/C44H45F2N7O6/c1-58-37(54)21-31(24-10-11-24)40(55)30-16-17-47-39(30)42-49-23-35(51-42)29-15-13-27(20-33(29)46)26-12-14-28(32(45)19-26)34-22-48-41(50-34)36-9-6-18-53(36)43(56)38(52-44(57)59-2)25-7-4-3-5-8-25/h3-5,7-8,12-15,19-20,22-24,30-31,36,38-39,47H,6,9-11,16-18,21H2,1-2H3,(H,48,50)(H,49,51)(H,52,57)/t30?,31-,36-,38+,39+/m0/s1. The SMILES string of the molecule is COC(=O)C[C@H](C(=O)C1CCN[C@H]1c1ncc(-c2ccc(-c3ccc(-c4cnc([C@@H]5CCCN5C(=O)[C@H](NC(=O)OC)c5ccccc5)[nH]4)c(F)c3)cc2F)[nH]1)C1CC1. The molecule has 0 spiro atoms. The zero-order chi connectivity index (χ0) is 41.2. The molecule has 3 fully saturated rings. The summed E-state index contributed by atoms with van der Waals surface area (Å²) in [6.07, 6.45) is 6.18. The number of likely N-dealkylation sites (tertiary alicyclic amines) is 1. The van der Waals surface area contributed by atoms with E-state index in [4.69, 9.17) is 9.47 Å². The van der Waals surface area contributed by atoms with Crippen LogP contribution in [0.5, 0.6) is 0 Å².